The third-order valence-corrected chi connectivity index (χ3v) is 7.35. The number of benzene rings is 3. The monoisotopic (exact) mass is 547 g/mol. The van der Waals surface area contributed by atoms with Crippen molar-refractivity contribution >= 4 is 50.9 Å². The van der Waals surface area contributed by atoms with E-state index >= 15 is 0 Å². The summed E-state index contributed by atoms with van der Waals surface area (Å²) in [5, 5.41) is 2.77. The highest BCUT2D eigenvalue weighted by Crippen LogP contribution is 2.41. The van der Waals surface area contributed by atoms with Gasteiger partial charge < -0.3 is 25.5 Å². The first kappa shape index (κ1) is 26.7. The van der Waals surface area contributed by atoms with Crippen LogP contribution in [0.15, 0.2) is 54.7 Å². The minimum atomic E-state index is -0.735. The number of carbonyl (C=O) groups excluding carboxylic acids is 3. The van der Waals surface area contributed by atoms with Crippen molar-refractivity contribution in [2.75, 3.05) is 6.61 Å². The molecule has 5 rings (SSSR count). The van der Waals surface area contributed by atoms with Crippen LogP contribution in [-0.4, -0.2) is 34.9 Å². The molecule has 8 nitrogen and oxygen atoms in total. The minimum Gasteiger partial charge on any atom is -0.485 e. The van der Waals surface area contributed by atoms with Crippen LogP contribution in [0.5, 0.6) is 5.75 Å². The van der Waals surface area contributed by atoms with Gasteiger partial charge in [-0.15, -0.1) is 0 Å². The average Bonchev–Trinajstić information content (AvgIpc) is 3.70. The van der Waals surface area contributed by atoms with Gasteiger partial charge in [-0.1, -0.05) is 43.6 Å². The van der Waals surface area contributed by atoms with Crippen LogP contribution in [0.3, 0.4) is 0 Å². The van der Waals surface area contributed by atoms with Crippen LogP contribution in [-0.2, 0) is 16.3 Å². The first-order valence-corrected chi connectivity index (χ1v) is 13.2. The standard InChI is InChI=1S/C30H30ClN3O5/c1-16(2)28(32)30(37)39-15-34-13-24(22-8-6-18(11-25(22)34)17-3-4-17)26(35)14-38-27-12-19-5-7-21(31)9-20(19)10-23(27)29(33)36/h5-13,16-17,28H,3-4,14-15,32H2,1-2H3,(H2,33,36)/t28-/m0/s1. The van der Waals surface area contributed by atoms with Crippen molar-refractivity contribution < 1.29 is 23.9 Å². The van der Waals surface area contributed by atoms with Crippen LogP contribution in [0.1, 0.15) is 58.9 Å². The molecule has 1 aliphatic rings. The second-order valence-corrected chi connectivity index (χ2v) is 10.8. The van der Waals surface area contributed by atoms with Crippen LogP contribution in [0, 0.1) is 5.92 Å². The van der Waals surface area contributed by atoms with Crippen molar-refractivity contribution in [3.63, 3.8) is 0 Å². The molecule has 1 aromatic heterocycles. The van der Waals surface area contributed by atoms with Crippen LogP contribution in [0.2, 0.25) is 5.02 Å². The summed E-state index contributed by atoms with van der Waals surface area (Å²) in [6.07, 6.45) is 3.92. The number of hydrogen-bond acceptors (Lipinski definition) is 6. The number of carbonyl (C=O) groups is 3. The minimum absolute atomic E-state index is 0.0629. The van der Waals surface area contributed by atoms with Crippen LogP contribution < -0.4 is 16.2 Å². The zero-order valence-electron chi connectivity index (χ0n) is 21.8. The van der Waals surface area contributed by atoms with Crippen molar-refractivity contribution in [2.24, 2.45) is 17.4 Å². The maximum atomic E-state index is 13.4. The van der Waals surface area contributed by atoms with Crippen LogP contribution in [0.25, 0.3) is 21.7 Å². The number of amides is 1. The number of halogens is 1. The van der Waals surface area contributed by atoms with Gasteiger partial charge in [-0.05, 0) is 71.3 Å². The molecule has 1 amide bonds. The first-order chi connectivity index (χ1) is 18.6. The molecule has 39 heavy (non-hydrogen) atoms. The Morgan fingerprint density at radius 3 is 2.49 bits per heavy atom. The Labute approximate surface area is 230 Å². The van der Waals surface area contributed by atoms with Crippen molar-refractivity contribution in [2.45, 2.75) is 45.4 Å². The highest BCUT2D eigenvalue weighted by atomic mass is 35.5. The summed E-state index contributed by atoms with van der Waals surface area (Å²) >= 11 is 6.08. The Hall–Kier alpha value is -3.88. The van der Waals surface area contributed by atoms with Gasteiger partial charge in [0.05, 0.1) is 11.1 Å². The number of ketones is 1. The molecule has 1 fully saturated rings. The lowest BCUT2D eigenvalue weighted by Crippen LogP contribution is -2.37. The Balaban J connectivity index is 1.42. The normalized spacial score (nSPS) is 14.1. The van der Waals surface area contributed by atoms with E-state index in [2.05, 4.69) is 0 Å². The summed E-state index contributed by atoms with van der Waals surface area (Å²) in [4.78, 5) is 37.9. The van der Waals surface area contributed by atoms with Crippen molar-refractivity contribution in [1.82, 2.24) is 4.57 Å². The summed E-state index contributed by atoms with van der Waals surface area (Å²) in [5.41, 5.74) is 14.1. The highest BCUT2D eigenvalue weighted by molar-refractivity contribution is 6.31. The third-order valence-electron chi connectivity index (χ3n) is 7.12. The number of fused-ring (bicyclic) bond motifs is 2. The topological polar surface area (TPSA) is 127 Å². The van der Waals surface area contributed by atoms with Crippen molar-refractivity contribution in [3.05, 3.63) is 76.4 Å². The maximum absolute atomic E-state index is 13.4. The predicted molar refractivity (Wildman–Crippen MR) is 150 cm³/mol. The third kappa shape index (κ3) is 5.62. The number of primary amides is 1. The number of esters is 1. The lowest BCUT2D eigenvalue weighted by atomic mass is 10.0. The molecule has 1 aliphatic carbocycles. The number of aromatic nitrogens is 1. The summed E-state index contributed by atoms with van der Waals surface area (Å²) in [6, 6.07) is 13.8. The van der Waals surface area contributed by atoms with E-state index < -0.39 is 17.9 Å². The molecule has 0 unspecified atom stereocenters. The fourth-order valence-electron chi connectivity index (χ4n) is 4.59. The lowest BCUT2D eigenvalue weighted by molar-refractivity contribution is -0.150. The van der Waals surface area contributed by atoms with Gasteiger partial charge in [0.1, 0.15) is 11.8 Å². The zero-order valence-corrected chi connectivity index (χ0v) is 22.5. The zero-order chi connectivity index (χ0) is 27.8. The molecule has 0 aliphatic heterocycles. The first-order valence-electron chi connectivity index (χ1n) is 12.9. The smallest absolute Gasteiger partial charge is 0.324 e. The second-order valence-electron chi connectivity index (χ2n) is 10.3. The van der Waals surface area contributed by atoms with E-state index in [1.807, 2.05) is 32.0 Å². The second kappa shape index (κ2) is 10.7. The lowest BCUT2D eigenvalue weighted by Gasteiger charge is -2.15. The van der Waals surface area contributed by atoms with Crippen LogP contribution in [0.4, 0.5) is 0 Å². The van der Waals surface area contributed by atoms with Gasteiger partial charge in [-0.3, -0.25) is 14.4 Å². The molecular formula is C30H30ClN3O5. The SMILES string of the molecule is CC(C)[C@H](N)C(=O)OCn1cc(C(=O)COc2cc3ccc(Cl)cc3cc2C(N)=O)c2ccc(C3CC3)cc21. The molecule has 1 heterocycles. The quantitative estimate of drug-likeness (QED) is 0.208. The Kier molecular flexibility index (Phi) is 7.34. The fraction of sp³-hybridized carbons (Fsp3) is 0.300. The molecule has 9 heteroatoms. The van der Waals surface area contributed by atoms with E-state index in [9.17, 15) is 14.4 Å². The number of rotatable bonds is 10. The van der Waals surface area contributed by atoms with E-state index in [0.717, 1.165) is 34.5 Å². The molecule has 0 bridgehead atoms. The largest absolute Gasteiger partial charge is 0.485 e. The Bertz CT molecular complexity index is 1610. The summed E-state index contributed by atoms with van der Waals surface area (Å²) in [7, 11) is 0. The van der Waals surface area contributed by atoms with E-state index in [1.165, 1.54) is 5.56 Å². The van der Waals surface area contributed by atoms with Crippen LogP contribution >= 0.6 is 11.6 Å². The molecule has 1 atom stereocenters. The van der Waals surface area contributed by atoms with E-state index in [0.29, 0.717) is 16.5 Å². The molecule has 0 spiro atoms. The summed E-state index contributed by atoms with van der Waals surface area (Å²) < 4.78 is 13.1. The summed E-state index contributed by atoms with van der Waals surface area (Å²) in [6.45, 7) is 3.31. The molecule has 202 valence electrons. The maximum Gasteiger partial charge on any atom is 0.324 e. The van der Waals surface area contributed by atoms with Gasteiger partial charge in [-0.2, -0.15) is 0 Å². The van der Waals surface area contributed by atoms with E-state index in [1.54, 1.807) is 41.1 Å². The Morgan fingerprint density at radius 2 is 1.79 bits per heavy atom. The number of nitrogens with two attached hydrogens (primary N) is 2. The van der Waals surface area contributed by atoms with Gasteiger partial charge in [0.15, 0.2) is 13.3 Å². The van der Waals surface area contributed by atoms with E-state index in [-0.39, 0.29) is 36.4 Å². The van der Waals surface area contributed by atoms with Crippen molar-refractivity contribution in [3.8, 4) is 5.75 Å². The van der Waals surface area contributed by atoms with Gasteiger partial charge in [-0.25, -0.2) is 0 Å². The Morgan fingerprint density at radius 1 is 1.03 bits per heavy atom. The van der Waals surface area contributed by atoms with Crippen molar-refractivity contribution in [1.29, 1.82) is 0 Å². The van der Waals surface area contributed by atoms with Gasteiger partial charge >= 0.3 is 5.97 Å². The molecular weight excluding hydrogens is 518 g/mol. The van der Waals surface area contributed by atoms with Gasteiger partial charge in [0, 0.05) is 22.2 Å². The number of ether oxygens (including phenoxy) is 2. The fourth-order valence-corrected chi connectivity index (χ4v) is 4.77. The van der Waals surface area contributed by atoms with Gasteiger partial charge in [0.2, 0.25) is 5.78 Å². The summed E-state index contributed by atoms with van der Waals surface area (Å²) in [5.74, 6) is -0.820. The number of hydrogen-bond donors (Lipinski definition) is 2. The molecule has 4 N–H and O–H groups in total. The molecule has 4 aromatic rings. The molecule has 1 saturated carbocycles. The molecule has 3 aromatic carbocycles. The number of Topliss-reactive ketones (excluding diaryl/α,β-unsaturated/α-hetero) is 1. The van der Waals surface area contributed by atoms with E-state index in [4.69, 9.17) is 32.5 Å². The molecule has 0 radical (unpaired) electrons. The molecule has 0 saturated heterocycles. The number of nitrogens with zero attached hydrogens (tertiary/aromatic N) is 1. The highest BCUT2D eigenvalue weighted by Gasteiger charge is 2.26. The predicted octanol–water partition coefficient (Wildman–Crippen LogP) is 5.17. The van der Waals surface area contributed by atoms with Gasteiger partial charge in [0.25, 0.3) is 5.91 Å². The average molecular weight is 548 g/mol.